The number of rotatable bonds is 8. The molecule has 0 aromatic heterocycles. The van der Waals surface area contributed by atoms with Gasteiger partial charge in [-0.05, 0) is 59.6 Å². The molecule has 0 fully saturated rings. The Morgan fingerprint density at radius 3 is 1.73 bits per heavy atom. The molecule has 0 saturated carbocycles. The van der Waals surface area contributed by atoms with Crippen molar-refractivity contribution in [3.63, 3.8) is 0 Å². The predicted octanol–water partition coefficient (Wildman–Crippen LogP) is 9.87. The van der Waals surface area contributed by atoms with Crippen molar-refractivity contribution in [2.45, 2.75) is 107 Å². The zero-order chi connectivity index (χ0) is 23.0. The topological polar surface area (TPSA) is 0 Å². The van der Waals surface area contributed by atoms with Crippen LogP contribution in [0.5, 0.6) is 0 Å². The average Bonchev–Trinajstić information content (AvgIpc) is 2.74. The van der Waals surface area contributed by atoms with Gasteiger partial charge in [0.25, 0.3) is 0 Å². The third-order valence-corrected chi connectivity index (χ3v) is 5.56. The Hall–Kier alpha value is -1.56. The molecule has 0 aliphatic rings. The summed E-state index contributed by atoms with van der Waals surface area (Å²) in [7, 11) is 0. The Labute approximate surface area is 189 Å². The molecule has 2 aromatic rings. The fourth-order valence-electron chi connectivity index (χ4n) is 3.59. The van der Waals surface area contributed by atoms with Crippen molar-refractivity contribution < 1.29 is 0 Å². The molecule has 0 aliphatic carbocycles. The number of hydrogen-bond acceptors (Lipinski definition) is 0. The molecule has 2 unspecified atom stereocenters. The minimum absolute atomic E-state index is 0.323. The van der Waals surface area contributed by atoms with Crippen LogP contribution in [0.3, 0.4) is 0 Å². The molecule has 0 saturated heterocycles. The lowest BCUT2D eigenvalue weighted by atomic mass is 9.72. The van der Waals surface area contributed by atoms with Gasteiger partial charge in [-0.25, -0.2) is 0 Å². The van der Waals surface area contributed by atoms with E-state index in [-0.39, 0.29) is 0 Å². The van der Waals surface area contributed by atoms with E-state index in [4.69, 9.17) is 0 Å². The van der Waals surface area contributed by atoms with E-state index in [1.807, 2.05) is 13.8 Å². The van der Waals surface area contributed by atoms with Gasteiger partial charge in [0.2, 0.25) is 0 Å². The van der Waals surface area contributed by atoms with Crippen LogP contribution in [0.15, 0.2) is 54.6 Å². The van der Waals surface area contributed by atoms with Gasteiger partial charge >= 0.3 is 0 Å². The molecule has 0 bridgehead atoms. The average molecular weight is 411 g/mol. The second-order valence-corrected chi connectivity index (χ2v) is 9.44. The summed E-state index contributed by atoms with van der Waals surface area (Å²) >= 11 is 0. The van der Waals surface area contributed by atoms with E-state index in [0.29, 0.717) is 17.3 Å². The van der Waals surface area contributed by atoms with E-state index in [1.165, 1.54) is 55.2 Å². The highest BCUT2D eigenvalue weighted by atomic mass is 14.3. The lowest BCUT2D eigenvalue weighted by Gasteiger charge is -2.33. The Morgan fingerprint density at radius 2 is 1.27 bits per heavy atom. The largest absolute Gasteiger partial charge is 0.0683 e. The first-order valence-corrected chi connectivity index (χ1v) is 12.4. The molecule has 0 radical (unpaired) electrons. The van der Waals surface area contributed by atoms with Crippen LogP contribution in [-0.2, 0) is 12.8 Å². The number of benzene rings is 2. The normalized spacial score (nSPS) is 12.7. The van der Waals surface area contributed by atoms with E-state index < -0.39 is 0 Å². The van der Waals surface area contributed by atoms with Crippen molar-refractivity contribution in [1.29, 1.82) is 0 Å². The van der Waals surface area contributed by atoms with Crippen LogP contribution >= 0.6 is 0 Å². The van der Waals surface area contributed by atoms with Crippen LogP contribution in [0.1, 0.15) is 111 Å². The molecule has 2 atom stereocenters. The van der Waals surface area contributed by atoms with Crippen molar-refractivity contribution in [2.24, 2.45) is 11.3 Å². The summed E-state index contributed by atoms with van der Waals surface area (Å²) in [5.74, 6) is 1.29. The summed E-state index contributed by atoms with van der Waals surface area (Å²) in [6.45, 7) is 20.1. The molecule has 2 rings (SSSR count). The van der Waals surface area contributed by atoms with Crippen LogP contribution < -0.4 is 0 Å². The van der Waals surface area contributed by atoms with Gasteiger partial charge in [0.1, 0.15) is 0 Å². The summed E-state index contributed by atoms with van der Waals surface area (Å²) in [5, 5.41) is 0. The van der Waals surface area contributed by atoms with Crippen LogP contribution in [-0.4, -0.2) is 0 Å². The summed E-state index contributed by atoms with van der Waals surface area (Å²) in [6.07, 6.45) is 7.44. The van der Waals surface area contributed by atoms with E-state index in [0.717, 1.165) is 0 Å². The molecule has 0 N–H and O–H groups in total. The van der Waals surface area contributed by atoms with E-state index in [9.17, 15) is 0 Å². The molecule has 2 aromatic carbocycles. The standard InChI is InChI=1S/C25H36.C3H8.C2H6/c1-6-7-11-21-14-16-22(17-15-21)19-24(25(3,4)5)18-20(2)23-12-9-8-10-13-23;1-3-2;1-2/h8-10,12-17,20,24H,6-7,11,18-19H2,1-5H3;3H2,1-2H3;1-2H3. The molecule has 30 heavy (non-hydrogen) atoms. The third kappa shape index (κ3) is 11.6. The van der Waals surface area contributed by atoms with Crippen molar-refractivity contribution in [1.82, 2.24) is 0 Å². The maximum absolute atomic E-state index is 2.39. The number of unbranched alkanes of at least 4 members (excludes halogenated alkanes) is 1. The summed E-state index contributed by atoms with van der Waals surface area (Å²) in [6, 6.07) is 20.4. The molecule has 0 heteroatoms. The maximum atomic E-state index is 2.39. The maximum Gasteiger partial charge on any atom is -0.0187 e. The van der Waals surface area contributed by atoms with Gasteiger partial charge in [-0.3, -0.25) is 0 Å². The predicted molar refractivity (Wildman–Crippen MR) is 138 cm³/mol. The van der Waals surface area contributed by atoms with Crippen molar-refractivity contribution in [3.8, 4) is 0 Å². The molecular formula is C30H50. The fraction of sp³-hybridized carbons (Fsp3) is 0.600. The van der Waals surface area contributed by atoms with Gasteiger partial charge in [-0.15, -0.1) is 0 Å². The molecule has 0 nitrogen and oxygen atoms in total. The summed E-state index contributed by atoms with van der Waals surface area (Å²) < 4.78 is 0. The van der Waals surface area contributed by atoms with Crippen molar-refractivity contribution >= 4 is 0 Å². The molecule has 170 valence electrons. The zero-order valence-corrected chi connectivity index (χ0v) is 21.6. The second kappa shape index (κ2) is 16.2. The van der Waals surface area contributed by atoms with Crippen LogP contribution in [0.25, 0.3) is 0 Å². The quantitative estimate of drug-likeness (QED) is 0.406. The molecule has 0 spiro atoms. The summed E-state index contributed by atoms with van der Waals surface area (Å²) in [4.78, 5) is 0. The number of hydrogen-bond donors (Lipinski definition) is 0. The van der Waals surface area contributed by atoms with Gasteiger partial charge in [-0.1, -0.05) is 130 Å². The Kier molecular flexibility index (Phi) is 15.3. The van der Waals surface area contributed by atoms with Gasteiger partial charge in [-0.2, -0.15) is 0 Å². The molecule has 0 amide bonds. The monoisotopic (exact) mass is 410 g/mol. The summed E-state index contributed by atoms with van der Waals surface area (Å²) in [5.41, 5.74) is 4.76. The van der Waals surface area contributed by atoms with Gasteiger partial charge in [0, 0.05) is 0 Å². The Balaban J connectivity index is 0.00000154. The Bertz CT molecular complexity index is 615. The minimum atomic E-state index is 0.323. The highest BCUT2D eigenvalue weighted by Gasteiger charge is 2.26. The van der Waals surface area contributed by atoms with Crippen molar-refractivity contribution in [2.75, 3.05) is 0 Å². The Morgan fingerprint density at radius 1 is 0.767 bits per heavy atom. The fourth-order valence-corrected chi connectivity index (χ4v) is 3.59. The lowest BCUT2D eigenvalue weighted by molar-refractivity contribution is 0.214. The highest BCUT2D eigenvalue weighted by Crippen LogP contribution is 2.37. The first-order chi connectivity index (χ1) is 14.3. The first kappa shape index (κ1) is 28.4. The zero-order valence-electron chi connectivity index (χ0n) is 21.6. The minimum Gasteiger partial charge on any atom is -0.0683 e. The van der Waals surface area contributed by atoms with Gasteiger partial charge in [0.15, 0.2) is 0 Å². The molecule has 0 aliphatic heterocycles. The van der Waals surface area contributed by atoms with Gasteiger partial charge < -0.3 is 0 Å². The van der Waals surface area contributed by atoms with Crippen LogP contribution in [0.4, 0.5) is 0 Å². The van der Waals surface area contributed by atoms with Crippen LogP contribution in [0, 0.1) is 11.3 Å². The van der Waals surface area contributed by atoms with Crippen molar-refractivity contribution in [3.05, 3.63) is 71.3 Å². The SMILES string of the molecule is CC.CCC.CCCCc1ccc(CC(CC(C)c2ccccc2)C(C)(C)C)cc1. The molecule has 0 heterocycles. The smallest absolute Gasteiger partial charge is 0.0187 e. The first-order valence-electron chi connectivity index (χ1n) is 12.4. The molecular weight excluding hydrogens is 360 g/mol. The number of aryl methyl sites for hydroxylation is 1. The van der Waals surface area contributed by atoms with E-state index >= 15 is 0 Å². The second-order valence-electron chi connectivity index (χ2n) is 9.44. The van der Waals surface area contributed by atoms with E-state index in [2.05, 4.69) is 103 Å². The third-order valence-electron chi connectivity index (χ3n) is 5.56. The van der Waals surface area contributed by atoms with Gasteiger partial charge in [0.05, 0.1) is 0 Å². The van der Waals surface area contributed by atoms with Crippen LogP contribution in [0.2, 0.25) is 0 Å². The van der Waals surface area contributed by atoms with E-state index in [1.54, 1.807) is 0 Å². The lowest BCUT2D eigenvalue weighted by Crippen LogP contribution is -2.24. The highest BCUT2D eigenvalue weighted by molar-refractivity contribution is 5.24.